The second-order valence-electron chi connectivity index (χ2n) is 5.70. The Morgan fingerprint density at radius 1 is 1.29 bits per heavy atom. The number of β-lactam (4-membered cyclic amide) rings is 1. The number of nitrogens with one attached hydrogen (secondary N) is 1. The molecule has 1 aliphatic rings. The molecule has 1 N–H and O–H groups in total. The summed E-state index contributed by atoms with van der Waals surface area (Å²) in [4.78, 5) is 28.6. The van der Waals surface area contributed by atoms with E-state index in [2.05, 4.69) is 5.32 Å². The number of amides is 2. The maximum absolute atomic E-state index is 11.8. The largest absolute Gasteiger partial charge is 0.444 e. The molecule has 0 saturated carbocycles. The molecule has 1 heterocycles. The number of ether oxygens (including phenoxy) is 1. The number of hydrogen-bond donors (Lipinski definition) is 1. The first-order valence-corrected chi connectivity index (χ1v) is 6.69. The van der Waals surface area contributed by atoms with Gasteiger partial charge >= 0.3 is 6.09 Å². The van der Waals surface area contributed by atoms with Gasteiger partial charge in [0.15, 0.2) is 0 Å². The number of carbonyl (C=O) groups is 2. The van der Waals surface area contributed by atoms with Gasteiger partial charge in [0.05, 0.1) is 0 Å². The summed E-state index contributed by atoms with van der Waals surface area (Å²) in [7, 11) is 0. The molecule has 1 fully saturated rings. The molecule has 21 heavy (non-hydrogen) atoms. The molecule has 1 aromatic carbocycles. The number of hydroxylamine groups is 2. The molecule has 1 atom stereocenters. The van der Waals surface area contributed by atoms with E-state index >= 15 is 0 Å². The van der Waals surface area contributed by atoms with Crippen LogP contribution in [0.15, 0.2) is 30.3 Å². The highest BCUT2D eigenvalue weighted by Crippen LogP contribution is 2.18. The van der Waals surface area contributed by atoms with Crippen LogP contribution in [0.2, 0.25) is 0 Å². The average Bonchev–Trinajstić information content (AvgIpc) is 2.40. The first-order chi connectivity index (χ1) is 9.85. The van der Waals surface area contributed by atoms with Gasteiger partial charge in [-0.25, -0.2) is 9.86 Å². The van der Waals surface area contributed by atoms with E-state index in [0.717, 1.165) is 10.6 Å². The summed E-state index contributed by atoms with van der Waals surface area (Å²) in [6, 6.07) is 8.81. The zero-order valence-corrected chi connectivity index (χ0v) is 12.3. The molecule has 1 aliphatic heterocycles. The van der Waals surface area contributed by atoms with Gasteiger partial charge in [0.1, 0.15) is 24.8 Å². The molecule has 6 nitrogen and oxygen atoms in total. The van der Waals surface area contributed by atoms with Crippen LogP contribution in [-0.4, -0.2) is 28.7 Å². The molecule has 0 aromatic heterocycles. The van der Waals surface area contributed by atoms with Crippen molar-refractivity contribution in [3.8, 4) is 0 Å². The lowest BCUT2D eigenvalue weighted by atomic mass is 10.1. The number of hydrogen-bond acceptors (Lipinski definition) is 4. The highest BCUT2D eigenvalue weighted by atomic mass is 16.7. The molecule has 1 saturated heterocycles. The predicted octanol–water partition coefficient (Wildman–Crippen LogP) is 2.02. The third-order valence-electron chi connectivity index (χ3n) is 2.65. The van der Waals surface area contributed by atoms with Crippen LogP contribution in [0, 0.1) is 6.54 Å². The van der Waals surface area contributed by atoms with Crippen molar-refractivity contribution in [1.29, 1.82) is 0 Å². The van der Waals surface area contributed by atoms with Crippen molar-refractivity contribution in [2.24, 2.45) is 0 Å². The number of alkyl carbamates (subject to hydrolysis) is 1. The zero-order chi connectivity index (χ0) is 15.5. The van der Waals surface area contributed by atoms with Gasteiger partial charge in [-0.05, 0) is 26.3 Å². The molecular formula is C15H19N2O4. The second-order valence-corrected chi connectivity index (χ2v) is 5.70. The topological polar surface area (TPSA) is 67.9 Å². The molecule has 1 aromatic rings. The maximum atomic E-state index is 11.8. The van der Waals surface area contributed by atoms with Crippen LogP contribution in [0.25, 0.3) is 0 Å². The zero-order valence-electron chi connectivity index (χ0n) is 12.3. The Morgan fingerprint density at radius 3 is 2.52 bits per heavy atom. The summed E-state index contributed by atoms with van der Waals surface area (Å²) in [5, 5.41) is 3.58. The van der Waals surface area contributed by atoms with Gasteiger partial charge in [0, 0.05) is 0 Å². The Bertz CT molecular complexity index is 510. The van der Waals surface area contributed by atoms with Gasteiger partial charge in [-0.1, -0.05) is 30.3 Å². The fraction of sp³-hybridized carbons (Fsp3) is 0.400. The standard InChI is InChI=1S/C15H19N2O4/c1-15(2,3)21-14(19)16-12-9-17(13(12)18)20-10-11-7-5-4-6-8-11/h4-9,12H,10H2,1-3H3,(H,16,19)/t12-/m0/s1. The normalized spacial score (nSPS) is 18.1. The van der Waals surface area contributed by atoms with E-state index in [4.69, 9.17) is 9.57 Å². The minimum atomic E-state index is -0.698. The third-order valence-corrected chi connectivity index (χ3v) is 2.65. The molecule has 0 aliphatic carbocycles. The van der Waals surface area contributed by atoms with Crippen LogP contribution in [0.5, 0.6) is 0 Å². The van der Waals surface area contributed by atoms with E-state index in [-0.39, 0.29) is 5.91 Å². The van der Waals surface area contributed by atoms with Crippen LogP contribution >= 0.6 is 0 Å². The quantitative estimate of drug-likeness (QED) is 0.862. The van der Waals surface area contributed by atoms with Gasteiger partial charge < -0.3 is 10.1 Å². The predicted molar refractivity (Wildman–Crippen MR) is 75.5 cm³/mol. The van der Waals surface area contributed by atoms with Crippen LogP contribution in [0.1, 0.15) is 26.3 Å². The Morgan fingerprint density at radius 2 is 1.95 bits per heavy atom. The number of carbonyl (C=O) groups excluding carboxylic acids is 2. The molecular weight excluding hydrogens is 272 g/mol. The molecule has 0 bridgehead atoms. The Hall–Kier alpha value is -2.08. The molecule has 6 heteroatoms. The van der Waals surface area contributed by atoms with Crippen molar-refractivity contribution in [3.63, 3.8) is 0 Å². The van der Waals surface area contributed by atoms with Crippen LogP contribution in [0.4, 0.5) is 4.79 Å². The highest BCUT2D eigenvalue weighted by molar-refractivity contribution is 5.92. The monoisotopic (exact) mass is 291 g/mol. The van der Waals surface area contributed by atoms with Gasteiger partial charge in [-0.2, -0.15) is 0 Å². The molecule has 1 radical (unpaired) electrons. The van der Waals surface area contributed by atoms with Crippen molar-refractivity contribution in [2.75, 3.05) is 0 Å². The number of benzene rings is 1. The molecule has 0 unspecified atom stereocenters. The van der Waals surface area contributed by atoms with E-state index in [0.29, 0.717) is 6.61 Å². The van der Waals surface area contributed by atoms with E-state index in [9.17, 15) is 9.59 Å². The van der Waals surface area contributed by atoms with E-state index < -0.39 is 17.7 Å². The van der Waals surface area contributed by atoms with E-state index in [1.807, 2.05) is 30.3 Å². The summed E-state index contributed by atoms with van der Waals surface area (Å²) in [6.07, 6.45) is -0.625. The summed E-state index contributed by atoms with van der Waals surface area (Å²) in [6.45, 7) is 7.06. The molecule has 2 rings (SSSR count). The summed E-state index contributed by atoms with van der Waals surface area (Å²) in [5.41, 5.74) is 0.364. The fourth-order valence-corrected chi connectivity index (χ4v) is 1.69. The van der Waals surface area contributed by atoms with Crippen LogP contribution in [0.3, 0.4) is 0 Å². The van der Waals surface area contributed by atoms with E-state index in [1.165, 1.54) is 6.54 Å². The average molecular weight is 291 g/mol. The lowest BCUT2D eigenvalue weighted by Crippen LogP contribution is -2.60. The van der Waals surface area contributed by atoms with Crippen LogP contribution < -0.4 is 5.32 Å². The SMILES string of the molecule is CC(C)(C)OC(=O)N[C@H]1[CH]N(OCc2ccccc2)C1=O. The Kier molecular flexibility index (Phi) is 4.47. The minimum absolute atomic E-state index is 0.294. The second kappa shape index (κ2) is 6.13. The van der Waals surface area contributed by atoms with Gasteiger partial charge in [0.25, 0.3) is 5.91 Å². The Balaban J connectivity index is 1.72. The van der Waals surface area contributed by atoms with Gasteiger partial charge in [-0.3, -0.25) is 9.63 Å². The van der Waals surface area contributed by atoms with Crippen molar-refractivity contribution < 1.29 is 19.2 Å². The molecule has 113 valence electrons. The third kappa shape index (κ3) is 4.46. The maximum Gasteiger partial charge on any atom is 0.408 e. The van der Waals surface area contributed by atoms with Gasteiger partial charge in [0.2, 0.25) is 0 Å². The lowest BCUT2D eigenvalue weighted by molar-refractivity contribution is -0.203. The molecule has 0 spiro atoms. The highest BCUT2D eigenvalue weighted by Gasteiger charge is 2.40. The first kappa shape index (κ1) is 15.3. The van der Waals surface area contributed by atoms with E-state index in [1.54, 1.807) is 20.8 Å². The summed E-state index contributed by atoms with van der Waals surface area (Å²) in [5.74, 6) is -0.322. The number of nitrogens with zero attached hydrogens (tertiary/aromatic N) is 1. The minimum Gasteiger partial charge on any atom is -0.444 e. The van der Waals surface area contributed by atoms with Crippen molar-refractivity contribution in [2.45, 2.75) is 39.0 Å². The molecule has 2 amide bonds. The Labute approximate surface area is 124 Å². The first-order valence-electron chi connectivity index (χ1n) is 6.69. The van der Waals surface area contributed by atoms with Gasteiger partial charge in [-0.15, -0.1) is 0 Å². The smallest absolute Gasteiger partial charge is 0.408 e. The summed E-state index contributed by atoms with van der Waals surface area (Å²) < 4.78 is 5.08. The van der Waals surface area contributed by atoms with Crippen molar-refractivity contribution in [3.05, 3.63) is 42.4 Å². The lowest BCUT2D eigenvalue weighted by Gasteiger charge is -2.36. The number of rotatable bonds is 4. The summed E-state index contributed by atoms with van der Waals surface area (Å²) >= 11 is 0. The van der Waals surface area contributed by atoms with Crippen molar-refractivity contribution >= 4 is 12.0 Å². The van der Waals surface area contributed by atoms with Crippen LogP contribution in [-0.2, 0) is 21.0 Å². The van der Waals surface area contributed by atoms with Crippen molar-refractivity contribution in [1.82, 2.24) is 10.4 Å². The fourth-order valence-electron chi connectivity index (χ4n) is 1.69.